The minimum absolute atomic E-state index is 0.143. The van der Waals surface area contributed by atoms with Crippen molar-refractivity contribution in [3.8, 4) is 5.75 Å². The van der Waals surface area contributed by atoms with E-state index in [9.17, 15) is 4.79 Å². The van der Waals surface area contributed by atoms with E-state index in [2.05, 4.69) is 15.5 Å². The number of ether oxygens (including phenoxy) is 1. The number of hydrogen-bond acceptors (Lipinski definition) is 4. The molecule has 1 amide bonds. The number of aryl methyl sites for hydroxylation is 2. The Hall–Kier alpha value is -3.00. The van der Waals surface area contributed by atoms with Crippen LogP contribution in [0.2, 0.25) is 15.1 Å². The number of carbonyl (C=O) groups is 1. The Balaban J connectivity index is 1.37. The second-order valence-electron chi connectivity index (χ2n) is 7.49. The summed E-state index contributed by atoms with van der Waals surface area (Å²) in [6, 6.07) is 12.7. The van der Waals surface area contributed by atoms with E-state index in [1.807, 2.05) is 38.1 Å². The van der Waals surface area contributed by atoms with Crippen LogP contribution in [0.25, 0.3) is 0 Å². The van der Waals surface area contributed by atoms with Gasteiger partial charge >= 0.3 is 0 Å². The second-order valence-corrected chi connectivity index (χ2v) is 8.71. The van der Waals surface area contributed by atoms with Gasteiger partial charge in [0.15, 0.2) is 18.2 Å². The first-order valence-corrected chi connectivity index (χ1v) is 11.1. The minimum Gasteiger partial charge on any atom is -0.471 e. The van der Waals surface area contributed by atoms with E-state index >= 15 is 0 Å². The molecule has 0 saturated heterocycles. The van der Waals surface area contributed by atoms with Crippen molar-refractivity contribution in [3.63, 3.8) is 0 Å². The van der Waals surface area contributed by atoms with Gasteiger partial charge < -0.3 is 10.1 Å². The first-order valence-electron chi connectivity index (χ1n) is 10.0. The molecule has 0 radical (unpaired) electrons. The Bertz CT molecular complexity index is 1270. The van der Waals surface area contributed by atoms with Crippen molar-refractivity contribution < 1.29 is 9.53 Å². The van der Waals surface area contributed by atoms with Crippen molar-refractivity contribution in [2.45, 2.75) is 27.1 Å². The van der Waals surface area contributed by atoms with Crippen molar-refractivity contribution in [1.82, 2.24) is 19.6 Å². The lowest BCUT2D eigenvalue weighted by atomic mass is 10.1. The maximum absolute atomic E-state index is 12.6. The summed E-state index contributed by atoms with van der Waals surface area (Å²) < 4.78 is 8.94. The third kappa shape index (κ3) is 5.68. The molecular weight excluding hydrogens is 485 g/mol. The average molecular weight is 505 g/mol. The molecule has 0 saturated carbocycles. The van der Waals surface area contributed by atoms with E-state index in [4.69, 9.17) is 39.5 Å². The van der Waals surface area contributed by atoms with E-state index in [-0.39, 0.29) is 18.2 Å². The molecule has 0 aliphatic rings. The third-order valence-corrected chi connectivity index (χ3v) is 5.98. The highest BCUT2D eigenvalue weighted by Crippen LogP contribution is 2.26. The first kappa shape index (κ1) is 23.2. The van der Waals surface area contributed by atoms with E-state index in [0.717, 1.165) is 21.7 Å². The van der Waals surface area contributed by atoms with Gasteiger partial charge in [-0.15, -0.1) is 0 Å². The maximum Gasteiger partial charge on any atom is 0.277 e. The Morgan fingerprint density at radius 3 is 2.39 bits per heavy atom. The summed E-state index contributed by atoms with van der Waals surface area (Å²) in [6.07, 6.45) is 3.31. The van der Waals surface area contributed by atoms with Crippen molar-refractivity contribution in [2.75, 3.05) is 5.32 Å². The highest BCUT2D eigenvalue weighted by molar-refractivity contribution is 6.33. The van der Waals surface area contributed by atoms with Gasteiger partial charge in [0, 0.05) is 22.4 Å². The summed E-state index contributed by atoms with van der Waals surface area (Å²) in [6.45, 7) is 4.47. The molecule has 170 valence electrons. The molecule has 7 nitrogen and oxygen atoms in total. The maximum atomic E-state index is 12.6. The lowest BCUT2D eigenvalue weighted by Gasteiger charge is -2.10. The van der Waals surface area contributed by atoms with Crippen LogP contribution in [0.5, 0.6) is 5.75 Å². The summed E-state index contributed by atoms with van der Waals surface area (Å²) >= 11 is 18.4. The SMILES string of the molecule is Cc1cc(OCn2ccc(C(=O)Nc3nn(Cc4ccc(Cl)cc4)cc3Cl)n2)cc(C)c1Cl. The number of halogens is 3. The molecule has 4 rings (SSSR count). The van der Waals surface area contributed by atoms with Crippen molar-refractivity contribution in [3.05, 3.63) is 92.3 Å². The average Bonchev–Trinajstić information content (AvgIpc) is 3.39. The van der Waals surface area contributed by atoms with Crippen LogP contribution >= 0.6 is 34.8 Å². The number of benzene rings is 2. The van der Waals surface area contributed by atoms with Gasteiger partial charge in [-0.25, -0.2) is 4.68 Å². The number of nitrogens with zero attached hydrogens (tertiary/aromatic N) is 4. The Morgan fingerprint density at radius 2 is 1.70 bits per heavy atom. The molecule has 0 spiro atoms. The van der Waals surface area contributed by atoms with E-state index in [0.29, 0.717) is 22.3 Å². The highest BCUT2D eigenvalue weighted by atomic mass is 35.5. The number of anilines is 1. The van der Waals surface area contributed by atoms with Gasteiger partial charge in [-0.05, 0) is 60.9 Å². The molecule has 0 unspecified atom stereocenters. The van der Waals surface area contributed by atoms with Gasteiger partial charge in [0.25, 0.3) is 5.91 Å². The van der Waals surface area contributed by atoms with Crippen molar-refractivity contribution in [1.29, 1.82) is 0 Å². The van der Waals surface area contributed by atoms with Gasteiger partial charge in [-0.1, -0.05) is 46.9 Å². The van der Waals surface area contributed by atoms with Crippen LogP contribution in [0.4, 0.5) is 5.82 Å². The molecule has 0 fully saturated rings. The summed E-state index contributed by atoms with van der Waals surface area (Å²) in [7, 11) is 0. The fraction of sp³-hybridized carbons (Fsp3) is 0.174. The lowest BCUT2D eigenvalue weighted by molar-refractivity contribution is 0.101. The van der Waals surface area contributed by atoms with Crippen LogP contribution in [0.1, 0.15) is 27.2 Å². The van der Waals surface area contributed by atoms with E-state index < -0.39 is 5.91 Å². The number of rotatable bonds is 7. The van der Waals surface area contributed by atoms with Gasteiger partial charge in [-0.2, -0.15) is 10.2 Å². The summed E-state index contributed by atoms with van der Waals surface area (Å²) in [5, 5.41) is 13.0. The van der Waals surface area contributed by atoms with Crippen LogP contribution in [-0.4, -0.2) is 25.5 Å². The van der Waals surface area contributed by atoms with Gasteiger partial charge in [-0.3, -0.25) is 9.48 Å². The van der Waals surface area contributed by atoms with E-state index in [1.54, 1.807) is 35.3 Å². The van der Waals surface area contributed by atoms with Crippen molar-refractivity contribution >= 4 is 46.5 Å². The number of carbonyl (C=O) groups excluding carboxylic acids is 1. The van der Waals surface area contributed by atoms with Gasteiger partial charge in [0.05, 0.1) is 6.54 Å². The molecule has 10 heteroatoms. The topological polar surface area (TPSA) is 74.0 Å². The largest absolute Gasteiger partial charge is 0.471 e. The van der Waals surface area contributed by atoms with Gasteiger partial charge in [0.1, 0.15) is 10.8 Å². The summed E-state index contributed by atoms with van der Waals surface area (Å²) in [5.74, 6) is 0.507. The Morgan fingerprint density at radius 1 is 1.00 bits per heavy atom. The molecule has 33 heavy (non-hydrogen) atoms. The minimum atomic E-state index is -0.425. The molecule has 2 aromatic carbocycles. The Kier molecular flexibility index (Phi) is 6.93. The molecule has 1 N–H and O–H groups in total. The smallest absolute Gasteiger partial charge is 0.277 e. The van der Waals surface area contributed by atoms with Crippen LogP contribution in [0, 0.1) is 13.8 Å². The molecular formula is C23H20Cl3N5O2. The quantitative estimate of drug-likeness (QED) is 0.335. The fourth-order valence-corrected chi connectivity index (χ4v) is 3.63. The normalized spacial score (nSPS) is 10.9. The third-order valence-electron chi connectivity index (χ3n) is 4.85. The predicted octanol–water partition coefficient (Wildman–Crippen LogP) is 5.99. The summed E-state index contributed by atoms with van der Waals surface area (Å²) in [4.78, 5) is 12.6. The summed E-state index contributed by atoms with van der Waals surface area (Å²) in [5.41, 5.74) is 3.07. The first-order chi connectivity index (χ1) is 15.8. The zero-order chi connectivity index (χ0) is 23.5. The molecule has 2 heterocycles. The molecule has 2 aromatic heterocycles. The van der Waals surface area contributed by atoms with Crippen LogP contribution in [0.15, 0.2) is 54.9 Å². The van der Waals surface area contributed by atoms with Gasteiger partial charge in [0.2, 0.25) is 0 Å². The fourth-order valence-electron chi connectivity index (χ4n) is 3.20. The molecule has 0 aliphatic heterocycles. The standard InChI is InChI=1S/C23H20Cl3N5O2/c1-14-9-18(10-15(2)21(14)26)33-13-30-8-7-20(28-30)23(32)27-22-19(25)12-31(29-22)11-16-3-5-17(24)6-4-16/h3-10,12H,11,13H2,1-2H3,(H,27,29,32). The highest BCUT2D eigenvalue weighted by Gasteiger charge is 2.15. The monoisotopic (exact) mass is 503 g/mol. The second kappa shape index (κ2) is 9.87. The predicted molar refractivity (Wildman–Crippen MR) is 130 cm³/mol. The lowest BCUT2D eigenvalue weighted by Crippen LogP contribution is -2.15. The molecule has 0 aliphatic carbocycles. The number of nitrogens with one attached hydrogen (secondary N) is 1. The Labute approximate surface area is 205 Å². The number of amides is 1. The zero-order valence-electron chi connectivity index (χ0n) is 17.8. The number of hydrogen-bond donors (Lipinski definition) is 1. The van der Waals surface area contributed by atoms with Crippen molar-refractivity contribution in [2.24, 2.45) is 0 Å². The zero-order valence-corrected chi connectivity index (χ0v) is 20.1. The van der Waals surface area contributed by atoms with Crippen LogP contribution in [-0.2, 0) is 13.3 Å². The van der Waals surface area contributed by atoms with Crippen LogP contribution < -0.4 is 10.1 Å². The van der Waals surface area contributed by atoms with E-state index in [1.165, 1.54) is 4.68 Å². The molecule has 0 bridgehead atoms. The molecule has 4 aromatic rings. The number of aromatic nitrogens is 4. The molecule has 0 atom stereocenters. The van der Waals surface area contributed by atoms with Crippen LogP contribution in [0.3, 0.4) is 0 Å².